The lowest BCUT2D eigenvalue weighted by molar-refractivity contribution is 0.0697. The lowest BCUT2D eigenvalue weighted by Crippen LogP contribution is -2.00. The Morgan fingerprint density at radius 3 is 2.37 bits per heavy atom. The third kappa shape index (κ3) is 2.90. The van der Waals surface area contributed by atoms with Gasteiger partial charge in [0.25, 0.3) is 0 Å². The van der Waals surface area contributed by atoms with E-state index in [1.165, 1.54) is 7.11 Å². The van der Waals surface area contributed by atoms with Gasteiger partial charge < -0.3 is 9.84 Å². The monoisotopic (exact) mass is 274 g/mol. The minimum Gasteiger partial charge on any atom is -0.497 e. The van der Waals surface area contributed by atoms with Crippen LogP contribution in [-0.2, 0) is 0 Å². The van der Waals surface area contributed by atoms with Crippen LogP contribution >= 0.6 is 11.8 Å². The van der Waals surface area contributed by atoms with Crippen LogP contribution in [0.4, 0.5) is 0 Å². The second-order valence-electron chi connectivity index (χ2n) is 3.95. The molecule has 2 aromatic rings. The maximum absolute atomic E-state index is 11.3. The van der Waals surface area contributed by atoms with Crippen molar-refractivity contribution in [3.05, 3.63) is 48.0 Å². The molecule has 0 bridgehead atoms. The van der Waals surface area contributed by atoms with Crippen LogP contribution < -0.4 is 4.74 Å². The molecule has 0 heterocycles. The summed E-state index contributed by atoms with van der Waals surface area (Å²) in [5, 5.41) is 9.29. The Kier molecular flexibility index (Phi) is 4.12. The van der Waals surface area contributed by atoms with Gasteiger partial charge in [-0.15, -0.1) is 11.8 Å². The summed E-state index contributed by atoms with van der Waals surface area (Å²) in [7, 11) is 1.52. The quantitative estimate of drug-likeness (QED) is 0.862. The maximum atomic E-state index is 11.3. The van der Waals surface area contributed by atoms with Crippen molar-refractivity contribution in [1.82, 2.24) is 0 Å². The molecule has 0 radical (unpaired) electrons. The predicted molar refractivity (Wildman–Crippen MR) is 77.2 cm³/mol. The third-order valence-corrected chi connectivity index (χ3v) is 3.60. The summed E-state index contributed by atoms with van der Waals surface area (Å²) < 4.78 is 5.07. The molecule has 0 fully saturated rings. The first kappa shape index (κ1) is 13.5. The van der Waals surface area contributed by atoms with Gasteiger partial charge in [-0.1, -0.05) is 12.1 Å². The van der Waals surface area contributed by atoms with E-state index < -0.39 is 5.97 Å². The van der Waals surface area contributed by atoms with E-state index in [4.69, 9.17) is 4.74 Å². The topological polar surface area (TPSA) is 46.5 Å². The molecule has 0 aliphatic carbocycles. The molecule has 0 unspecified atom stereocenters. The molecule has 19 heavy (non-hydrogen) atoms. The zero-order chi connectivity index (χ0) is 13.8. The Morgan fingerprint density at radius 1 is 1.16 bits per heavy atom. The molecule has 1 N–H and O–H groups in total. The highest BCUT2D eigenvalue weighted by molar-refractivity contribution is 7.98. The van der Waals surface area contributed by atoms with E-state index in [1.807, 2.05) is 30.5 Å². The second kappa shape index (κ2) is 5.80. The first-order valence-electron chi connectivity index (χ1n) is 5.71. The average molecular weight is 274 g/mol. The highest BCUT2D eigenvalue weighted by Gasteiger charge is 2.13. The zero-order valence-electron chi connectivity index (χ0n) is 10.7. The molecular weight excluding hydrogens is 260 g/mol. The van der Waals surface area contributed by atoms with E-state index in [2.05, 4.69) is 0 Å². The van der Waals surface area contributed by atoms with Gasteiger partial charge in [0.15, 0.2) is 0 Å². The highest BCUT2D eigenvalue weighted by atomic mass is 32.2. The van der Waals surface area contributed by atoms with Gasteiger partial charge in [0.1, 0.15) is 5.75 Å². The smallest absolute Gasteiger partial charge is 0.336 e. The number of carbonyl (C=O) groups is 1. The molecule has 0 aliphatic rings. The first-order valence-corrected chi connectivity index (χ1v) is 6.94. The van der Waals surface area contributed by atoms with E-state index >= 15 is 0 Å². The van der Waals surface area contributed by atoms with E-state index in [9.17, 15) is 9.90 Å². The number of hydrogen-bond acceptors (Lipinski definition) is 3. The molecule has 2 rings (SSSR count). The van der Waals surface area contributed by atoms with E-state index in [1.54, 1.807) is 30.0 Å². The number of benzene rings is 2. The lowest BCUT2D eigenvalue weighted by Gasteiger charge is -2.09. The van der Waals surface area contributed by atoms with Gasteiger partial charge >= 0.3 is 5.97 Å². The molecule has 0 saturated heterocycles. The Bertz CT molecular complexity index is 591. The summed E-state index contributed by atoms with van der Waals surface area (Å²) in [6.45, 7) is 0. The molecule has 0 saturated carbocycles. The van der Waals surface area contributed by atoms with Crippen LogP contribution in [0.15, 0.2) is 47.4 Å². The van der Waals surface area contributed by atoms with Gasteiger partial charge in [0.05, 0.1) is 12.7 Å². The number of carboxylic acids is 1. The van der Waals surface area contributed by atoms with Crippen molar-refractivity contribution >= 4 is 17.7 Å². The normalized spacial score (nSPS) is 10.2. The Morgan fingerprint density at radius 2 is 1.84 bits per heavy atom. The standard InChI is InChI=1S/C15H14O3S/c1-18-11-5-8-13(14(9-11)15(16)17)10-3-6-12(19-2)7-4-10/h3-9H,1-2H3,(H,16,17). The van der Waals surface area contributed by atoms with E-state index in [0.29, 0.717) is 11.3 Å². The van der Waals surface area contributed by atoms with Crippen molar-refractivity contribution in [2.24, 2.45) is 0 Å². The summed E-state index contributed by atoms with van der Waals surface area (Å²) in [5.74, 6) is -0.412. The van der Waals surface area contributed by atoms with Crippen molar-refractivity contribution in [3.8, 4) is 16.9 Å². The molecule has 98 valence electrons. The fraction of sp³-hybridized carbons (Fsp3) is 0.133. The number of aromatic carboxylic acids is 1. The van der Waals surface area contributed by atoms with Crippen molar-refractivity contribution in [2.75, 3.05) is 13.4 Å². The Hall–Kier alpha value is -1.94. The molecular formula is C15H14O3S. The van der Waals surface area contributed by atoms with Crippen LogP contribution in [0.5, 0.6) is 5.75 Å². The number of ether oxygens (including phenoxy) is 1. The predicted octanol–water partition coefficient (Wildman–Crippen LogP) is 3.78. The highest BCUT2D eigenvalue weighted by Crippen LogP contribution is 2.29. The average Bonchev–Trinajstić information content (AvgIpc) is 2.46. The molecule has 0 atom stereocenters. The second-order valence-corrected chi connectivity index (χ2v) is 4.82. The van der Waals surface area contributed by atoms with Gasteiger partial charge in [-0.25, -0.2) is 4.79 Å². The lowest BCUT2D eigenvalue weighted by atomic mass is 9.99. The summed E-state index contributed by atoms with van der Waals surface area (Å²) in [6.07, 6.45) is 2.01. The summed E-state index contributed by atoms with van der Waals surface area (Å²) in [6, 6.07) is 12.9. The fourth-order valence-corrected chi connectivity index (χ4v) is 2.26. The molecule has 0 amide bonds. The molecule has 4 heteroatoms. The number of hydrogen-bond donors (Lipinski definition) is 1. The third-order valence-electron chi connectivity index (χ3n) is 2.86. The van der Waals surface area contributed by atoms with Crippen molar-refractivity contribution in [3.63, 3.8) is 0 Å². The molecule has 0 spiro atoms. The van der Waals surface area contributed by atoms with Crippen LogP contribution in [0.1, 0.15) is 10.4 Å². The minimum absolute atomic E-state index is 0.247. The Labute approximate surface area is 116 Å². The summed E-state index contributed by atoms with van der Waals surface area (Å²) in [4.78, 5) is 12.5. The Balaban J connectivity index is 2.50. The van der Waals surface area contributed by atoms with E-state index in [0.717, 1.165) is 10.5 Å². The largest absolute Gasteiger partial charge is 0.497 e. The number of carboxylic acid groups (broad SMARTS) is 1. The number of rotatable bonds is 4. The zero-order valence-corrected chi connectivity index (χ0v) is 11.5. The maximum Gasteiger partial charge on any atom is 0.336 e. The van der Waals surface area contributed by atoms with Gasteiger partial charge in [0, 0.05) is 4.90 Å². The van der Waals surface area contributed by atoms with Gasteiger partial charge in [-0.05, 0) is 47.7 Å². The van der Waals surface area contributed by atoms with E-state index in [-0.39, 0.29) is 5.56 Å². The summed E-state index contributed by atoms with van der Waals surface area (Å²) in [5.41, 5.74) is 1.83. The van der Waals surface area contributed by atoms with Gasteiger partial charge in [-0.2, -0.15) is 0 Å². The van der Waals surface area contributed by atoms with Crippen LogP contribution in [0.2, 0.25) is 0 Å². The van der Waals surface area contributed by atoms with Crippen LogP contribution in [0.25, 0.3) is 11.1 Å². The first-order chi connectivity index (χ1) is 9.15. The van der Waals surface area contributed by atoms with Crippen molar-refractivity contribution < 1.29 is 14.6 Å². The molecule has 3 nitrogen and oxygen atoms in total. The minimum atomic E-state index is -0.956. The number of thioether (sulfide) groups is 1. The van der Waals surface area contributed by atoms with Crippen LogP contribution in [0, 0.1) is 0 Å². The van der Waals surface area contributed by atoms with Crippen LogP contribution in [0.3, 0.4) is 0 Å². The molecule has 0 aromatic heterocycles. The van der Waals surface area contributed by atoms with Gasteiger partial charge in [-0.3, -0.25) is 0 Å². The van der Waals surface area contributed by atoms with Crippen molar-refractivity contribution in [1.29, 1.82) is 0 Å². The van der Waals surface area contributed by atoms with Crippen LogP contribution in [-0.4, -0.2) is 24.4 Å². The number of methoxy groups -OCH3 is 1. The SMILES string of the molecule is COc1ccc(-c2ccc(SC)cc2)c(C(=O)O)c1. The van der Waals surface area contributed by atoms with Gasteiger partial charge in [0.2, 0.25) is 0 Å². The van der Waals surface area contributed by atoms with Crippen molar-refractivity contribution in [2.45, 2.75) is 4.90 Å². The molecule has 0 aliphatic heterocycles. The summed E-state index contributed by atoms with van der Waals surface area (Å²) >= 11 is 1.65. The fourth-order valence-electron chi connectivity index (χ4n) is 1.85. The molecule has 2 aromatic carbocycles.